The van der Waals surface area contributed by atoms with Crippen molar-refractivity contribution in [1.29, 1.82) is 0 Å². The Morgan fingerprint density at radius 2 is 2.00 bits per heavy atom. The molecule has 7 heteroatoms. The van der Waals surface area contributed by atoms with Gasteiger partial charge in [0.25, 0.3) is 0 Å². The number of hydrogen-bond acceptors (Lipinski definition) is 2. The van der Waals surface area contributed by atoms with E-state index < -0.39 is 24.8 Å². The van der Waals surface area contributed by atoms with E-state index in [9.17, 15) is 17.6 Å². The molecule has 0 fully saturated rings. The molecule has 0 radical (unpaired) electrons. The molecule has 90 valence electrons. The Labute approximate surface area is 93.9 Å². The summed E-state index contributed by atoms with van der Waals surface area (Å²) in [7, 11) is 0. The smallest absolute Gasteiger partial charge is 0.404 e. The van der Waals surface area contributed by atoms with Gasteiger partial charge in [-0.2, -0.15) is 0 Å². The van der Waals surface area contributed by atoms with Gasteiger partial charge in [0.15, 0.2) is 0 Å². The second-order valence-corrected chi connectivity index (χ2v) is 3.41. The Morgan fingerprint density at radius 3 is 2.44 bits per heavy atom. The third-order valence-electron chi connectivity index (χ3n) is 1.78. The second kappa shape index (κ2) is 4.88. The first-order chi connectivity index (χ1) is 7.33. The monoisotopic (exact) mass is 257 g/mol. The van der Waals surface area contributed by atoms with Gasteiger partial charge in [0, 0.05) is 0 Å². The van der Waals surface area contributed by atoms with Gasteiger partial charge in [0.2, 0.25) is 0 Å². The molecule has 0 heterocycles. The average molecular weight is 258 g/mol. The Morgan fingerprint density at radius 1 is 1.38 bits per heavy atom. The maximum absolute atomic E-state index is 12.2. The molecule has 0 saturated carbocycles. The molecule has 0 aromatic heterocycles. The molecule has 0 saturated heterocycles. The summed E-state index contributed by atoms with van der Waals surface area (Å²) in [5.41, 5.74) is 5.65. The largest absolute Gasteiger partial charge is 0.573 e. The van der Waals surface area contributed by atoms with E-state index in [1.807, 2.05) is 0 Å². The van der Waals surface area contributed by atoms with Crippen LogP contribution in [-0.4, -0.2) is 13.0 Å². The van der Waals surface area contributed by atoms with E-state index in [2.05, 4.69) is 4.74 Å². The highest BCUT2D eigenvalue weighted by atomic mass is 35.5. The van der Waals surface area contributed by atoms with E-state index in [1.54, 1.807) is 0 Å². The summed E-state index contributed by atoms with van der Waals surface area (Å²) < 4.78 is 51.5. The molecule has 2 N–H and O–H groups in total. The molecule has 1 aromatic rings. The standard InChI is InChI=1S/C9H8ClF4NO/c10-6-3-5(7(15)4-11)1-2-8(6)16-9(12,13)14/h1-3,7H,4,15H2/t7-/m0/s1. The normalized spacial score (nSPS) is 13.6. The summed E-state index contributed by atoms with van der Waals surface area (Å²) in [6, 6.07) is 2.47. The zero-order chi connectivity index (χ0) is 12.3. The van der Waals surface area contributed by atoms with Crippen LogP contribution in [0.4, 0.5) is 17.6 Å². The SMILES string of the molecule is N[C@@H](CF)c1ccc(OC(F)(F)F)c(Cl)c1. The van der Waals surface area contributed by atoms with Gasteiger partial charge in [-0.1, -0.05) is 17.7 Å². The highest BCUT2D eigenvalue weighted by Crippen LogP contribution is 2.31. The third-order valence-corrected chi connectivity index (χ3v) is 2.07. The van der Waals surface area contributed by atoms with Crippen LogP contribution in [0.1, 0.15) is 11.6 Å². The van der Waals surface area contributed by atoms with Gasteiger partial charge in [0.1, 0.15) is 12.4 Å². The van der Waals surface area contributed by atoms with Crippen molar-refractivity contribution in [3.8, 4) is 5.75 Å². The molecule has 0 spiro atoms. The average Bonchev–Trinajstić information content (AvgIpc) is 2.18. The first-order valence-corrected chi connectivity index (χ1v) is 4.58. The number of hydrogen-bond donors (Lipinski definition) is 1. The van der Waals surface area contributed by atoms with Crippen molar-refractivity contribution in [3.05, 3.63) is 28.8 Å². The summed E-state index contributed by atoms with van der Waals surface area (Å²) in [6.45, 7) is -0.824. The summed E-state index contributed by atoms with van der Waals surface area (Å²) in [5, 5.41) is -0.265. The molecule has 1 aromatic carbocycles. The van der Waals surface area contributed by atoms with E-state index >= 15 is 0 Å². The molecule has 0 bridgehead atoms. The zero-order valence-corrected chi connectivity index (χ0v) is 8.65. The summed E-state index contributed by atoms with van der Waals surface area (Å²) in [4.78, 5) is 0. The Bertz CT molecular complexity index is 369. The third kappa shape index (κ3) is 3.53. The molecule has 0 aliphatic heterocycles. The van der Waals surface area contributed by atoms with Crippen molar-refractivity contribution >= 4 is 11.6 Å². The van der Waals surface area contributed by atoms with Crippen LogP contribution in [-0.2, 0) is 0 Å². The maximum Gasteiger partial charge on any atom is 0.573 e. The molecule has 0 amide bonds. The summed E-state index contributed by atoms with van der Waals surface area (Å²) in [5.74, 6) is -0.538. The topological polar surface area (TPSA) is 35.2 Å². The predicted octanol–water partition coefficient (Wildman–Crippen LogP) is 3.21. The quantitative estimate of drug-likeness (QED) is 0.844. The lowest BCUT2D eigenvalue weighted by Crippen LogP contribution is -2.18. The van der Waals surface area contributed by atoms with Gasteiger partial charge in [-0.15, -0.1) is 13.2 Å². The summed E-state index contributed by atoms with van der Waals surface area (Å²) >= 11 is 5.53. The molecule has 2 nitrogen and oxygen atoms in total. The van der Waals surface area contributed by atoms with E-state index in [0.29, 0.717) is 5.56 Å². The molecule has 16 heavy (non-hydrogen) atoms. The van der Waals surface area contributed by atoms with Crippen LogP contribution in [0.3, 0.4) is 0 Å². The van der Waals surface area contributed by atoms with Crippen molar-refractivity contribution in [2.45, 2.75) is 12.4 Å². The lowest BCUT2D eigenvalue weighted by molar-refractivity contribution is -0.274. The van der Waals surface area contributed by atoms with Crippen LogP contribution < -0.4 is 10.5 Å². The van der Waals surface area contributed by atoms with Crippen molar-refractivity contribution in [3.63, 3.8) is 0 Å². The lowest BCUT2D eigenvalue weighted by atomic mass is 10.1. The zero-order valence-electron chi connectivity index (χ0n) is 7.89. The molecular weight excluding hydrogens is 250 g/mol. The number of rotatable bonds is 3. The van der Waals surface area contributed by atoms with E-state index in [0.717, 1.165) is 12.1 Å². The van der Waals surface area contributed by atoms with E-state index in [-0.39, 0.29) is 5.02 Å². The predicted molar refractivity (Wildman–Crippen MR) is 51.0 cm³/mol. The molecule has 1 atom stereocenters. The Kier molecular flexibility index (Phi) is 3.98. The van der Waals surface area contributed by atoms with Crippen LogP contribution in [0.15, 0.2) is 18.2 Å². The Balaban J connectivity index is 2.92. The van der Waals surface area contributed by atoms with E-state index in [4.69, 9.17) is 17.3 Å². The Hall–Kier alpha value is -1.01. The van der Waals surface area contributed by atoms with Crippen molar-refractivity contribution < 1.29 is 22.3 Å². The van der Waals surface area contributed by atoms with Gasteiger partial charge in [-0.05, 0) is 17.7 Å². The number of nitrogens with two attached hydrogens (primary N) is 1. The highest BCUT2D eigenvalue weighted by Gasteiger charge is 2.32. The fourth-order valence-corrected chi connectivity index (χ4v) is 1.27. The molecule has 0 aliphatic carbocycles. The number of halogens is 5. The fraction of sp³-hybridized carbons (Fsp3) is 0.333. The number of alkyl halides is 4. The van der Waals surface area contributed by atoms with Gasteiger partial charge in [-0.3, -0.25) is 0 Å². The van der Waals surface area contributed by atoms with Crippen LogP contribution >= 0.6 is 11.6 Å². The van der Waals surface area contributed by atoms with Crippen molar-refractivity contribution in [1.82, 2.24) is 0 Å². The molecular formula is C9H8ClF4NO. The van der Waals surface area contributed by atoms with Crippen LogP contribution in [0, 0.1) is 0 Å². The first-order valence-electron chi connectivity index (χ1n) is 4.20. The second-order valence-electron chi connectivity index (χ2n) is 3.00. The maximum atomic E-state index is 12.2. The van der Waals surface area contributed by atoms with Gasteiger partial charge < -0.3 is 10.5 Å². The van der Waals surface area contributed by atoms with Gasteiger partial charge in [0.05, 0.1) is 11.1 Å². The summed E-state index contributed by atoms with van der Waals surface area (Å²) in [6.07, 6.45) is -4.81. The minimum absolute atomic E-state index is 0.265. The van der Waals surface area contributed by atoms with Crippen LogP contribution in [0.2, 0.25) is 5.02 Å². The molecule has 0 aliphatic rings. The molecule has 0 unspecified atom stereocenters. The van der Waals surface area contributed by atoms with Gasteiger partial charge in [-0.25, -0.2) is 4.39 Å². The van der Waals surface area contributed by atoms with Crippen LogP contribution in [0.25, 0.3) is 0 Å². The fourth-order valence-electron chi connectivity index (χ4n) is 1.04. The first kappa shape index (κ1) is 13.1. The molecule has 1 rings (SSSR count). The lowest BCUT2D eigenvalue weighted by Gasteiger charge is -2.13. The van der Waals surface area contributed by atoms with Crippen molar-refractivity contribution in [2.75, 3.05) is 6.67 Å². The van der Waals surface area contributed by atoms with Crippen molar-refractivity contribution in [2.24, 2.45) is 5.73 Å². The minimum atomic E-state index is -4.81. The van der Waals surface area contributed by atoms with Gasteiger partial charge >= 0.3 is 6.36 Å². The highest BCUT2D eigenvalue weighted by molar-refractivity contribution is 6.32. The van der Waals surface area contributed by atoms with Crippen LogP contribution in [0.5, 0.6) is 5.75 Å². The number of ether oxygens (including phenoxy) is 1. The van der Waals surface area contributed by atoms with E-state index in [1.165, 1.54) is 6.07 Å². The number of benzene rings is 1. The minimum Gasteiger partial charge on any atom is -0.404 e.